The van der Waals surface area contributed by atoms with Crippen molar-refractivity contribution in [1.82, 2.24) is 26.6 Å². The molecular weight excluding hydrogens is 670 g/mol. The minimum absolute atomic E-state index is 0.171. The van der Waals surface area contributed by atoms with Crippen molar-refractivity contribution in [1.29, 1.82) is 0 Å². The van der Waals surface area contributed by atoms with Crippen LogP contribution in [0.2, 0.25) is 0 Å². The molecule has 3 aliphatic rings. The number of ether oxygens (including phenoxy) is 1. The van der Waals surface area contributed by atoms with Crippen LogP contribution in [0.25, 0.3) is 0 Å². The highest BCUT2D eigenvalue weighted by atomic mass is 16.6. The fourth-order valence-corrected chi connectivity index (χ4v) is 6.58. The van der Waals surface area contributed by atoms with Crippen LogP contribution in [0.4, 0.5) is 4.79 Å². The average Bonchev–Trinajstić information content (AvgIpc) is 4.10. The average molecular weight is 720 g/mol. The Morgan fingerprint density at radius 2 is 1.27 bits per heavy atom. The van der Waals surface area contributed by atoms with Gasteiger partial charge in [-0.1, -0.05) is 92.8 Å². The quantitative estimate of drug-likeness (QED) is 0.113. The zero-order valence-electron chi connectivity index (χ0n) is 29.1. The molecule has 14 nitrogen and oxygen atoms in total. The van der Waals surface area contributed by atoms with Gasteiger partial charge in [0.25, 0.3) is 5.91 Å². The van der Waals surface area contributed by atoms with Gasteiger partial charge in [0.2, 0.25) is 17.7 Å². The predicted molar refractivity (Wildman–Crippen MR) is 188 cm³/mol. The molecule has 5 atom stereocenters. The first-order valence-electron chi connectivity index (χ1n) is 18.2. The summed E-state index contributed by atoms with van der Waals surface area (Å²) in [4.78, 5) is 77.9. The Morgan fingerprint density at radius 3 is 1.87 bits per heavy atom. The molecule has 0 bridgehead atoms. The van der Waals surface area contributed by atoms with E-state index in [0.717, 1.165) is 44.9 Å². The Kier molecular flexibility index (Phi) is 13.6. The molecule has 5 rings (SSSR count). The second-order valence-corrected chi connectivity index (χ2v) is 14.1. The van der Waals surface area contributed by atoms with E-state index in [9.17, 15) is 39.0 Å². The maximum atomic E-state index is 13.9. The Bertz CT molecular complexity index is 1540. The van der Waals surface area contributed by atoms with Gasteiger partial charge in [-0.2, -0.15) is 0 Å². The molecule has 0 aliphatic heterocycles. The van der Waals surface area contributed by atoms with E-state index in [0.29, 0.717) is 36.8 Å². The van der Waals surface area contributed by atoms with Gasteiger partial charge >= 0.3 is 12.1 Å². The number of nitrogens with one attached hydrogen (secondary N) is 5. The highest BCUT2D eigenvalue weighted by Gasteiger charge is 2.38. The molecule has 52 heavy (non-hydrogen) atoms. The summed E-state index contributed by atoms with van der Waals surface area (Å²) in [6, 6.07) is 13.4. The van der Waals surface area contributed by atoms with Gasteiger partial charge in [0.1, 0.15) is 18.6 Å². The molecule has 2 aromatic rings. The summed E-state index contributed by atoms with van der Waals surface area (Å²) < 4.78 is 5.52. The lowest BCUT2D eigenvalue weighted by Gasteiger charge is -2.32. The van der Waals surface area contributed by atoms with Crippen molar-refractivity contribution in [3.63, 3.8) is 0 Å². The summed E-state index contributed by atoms with van der Waals surface area (Å²) in [7, 11) is 0. The topological polar surface area (TPSA) is 212 Å². The summed E-state index contributed by atoms with van der Waals surface area (Å²) in [5, 5.41) is 33.4. The maximum absolute atomic E-state index is 13.9. The Labute approximate surface area is 302 Å². The fraction of sp³-hybridized carbons (Fsp3) is 0.526. The summed E-state index contributed by atoms with van der Waals surface area (Å²) in [6.07, 6.45) is 5.07. The number of carboxylic acid groups (broad SMARTS) is 1. The summed E-state index contributed by atoms with van der Waals surface area (Å²) in [5.41, 5.74) is 0.764. The highest BCUT2D eigenvalue weighted by molar-refractivity contribution is 5.93. The molecule has 280 valence electrons. The molecule has 5 amide bonds. The SMILES string of the molecule is O=C(CNC(=O)OC(CC1CC1)NC(=O)[C@H](CC1CC1)NC(=O)[C@@H](NC(=O)C(O)c1ccccc1)C1CCCCC1)NC(C(=O)O)c1ccccc1. The smallest absolute Gasteiger partial charge is 0.409 e. The lowest BCUT2D eigenvalue weighted by atomic mass is 9.83. The Morgan fingerprint density at radius 1 is 0.673 bits per heavy atom. The van der Waals surface area contributed by atoms with Gasteiger partial charge < -0.3 is 41.5 Å². The van der Waals surface area contributed by atoms with Crippen LogP contribution in [0.5, 0.6) is 0 Å². The van der Waals surface area contributed by atoms with Crippen LogP contribution in [0.1, 0.15) is 93.9 Å². The van der Waals surface area contributed by atoms with Crippen LogP contribution >= 0.6 is 0 Å². The molecule has 3 aliphatic carbocycles. The van der Waals surface area contributed by atoms with E-state index >= 15 is 0 Å². The summed E-state index contributed by atoms with van der Waals surface area (Å²) >= 11 is 0. The first kappa shape index (κ1) is 38.3. The molecule has 2 aromatic carbocycles. The van der Waals surface area contributed by atoms with Crippen molar-refractivity contribution >= 4 is 35.7 Å². The summed E-state index contributed by atoms with van der Waals surface area (Å²) in [6.45, 7) is -0.562. The molecule has 0 spiro atoms. The van der Waals surface area contributed by atoms with Gasteiger partial charge in [-0.15, -0.1) is 0 Å². The second kappa shape index (κ2) is 18.5. The first-order chi connectivity index (χ1) is 25.1. The van der Waals surface area contributed by atoms with E-state index in [-0.39, 0.29) is 17.8 Å². The molecule has 14 heteroatoms. The van der Waals surface area contributed by atoms with E-state index in [1.807, 2.05) is 0 Å². The molecule has 3 unspecified atom stereocenters. The highest BCUT2D eigenvalue weighted by Crippen LogP contribution is 2.35. The third-order valence-electron chi connectivity index (χ3n) is 9.84. The maximum Gasteiger partial charge on any atom is 0.409 e. The number of alkyl carbamates (subject to hydrolysis) is 1. The van der Waals surface area contributed by atoms with Crippen LogP contribution < -0.4 is 26.6 Å². The van der Waals surface area contributed by atoms with Gasteiger partial charge in [0.15, 0.2) is 18.4 Å². The molecule has 7 N–H and O–H groups in total. The van der Waals surface area contributed by atoms with E-state index < -0.39 is 72.7 Å². The second-order valence-electron chi connectivity index (χ2n) is 14.1. The number of carbonyl (C=O) groups excluding carboxylic acids is 5. The van der Waals surface area contributed by atoms with Gasteiger partial charge in [-0.05, 0) is 61.0 Å². The largest absolute Gasteiger partial charge is 0.479 e. The van der Waals surface area contributed by atoms with Crippen molar-refractivity contribution in [2.24, 2.45) is 17.8 Å². The van der Waals surface area contributed by atoms with Gasteiger partial charge in [-0.3, -0.25) is 19.2 Å². The normalized spacial score (nSPS) is 18.7. The number of hydrogen-bond acceptors (Lipinski definition) is 8. The Hall–Kier alpha value is -4.98. The van der Waals surface area contributed by atoms with Gasteiger partial charge in [0.05, 0.1) is 0 Å². The van der Waals surface area contributed by atoms with Crippen molar-refractivity contribution < 1.29 is 43.7 Å². The number of amides is 5. The van der Waals surface area contributed by atoms with Gasteiger partial charge in [-0.25, -0.2) is 9.59 Å². The molecule has 3 fully saturated rings. The molecule has 0 radical (unpaired) electrons. The van der Waals surface area contributed by atoms with Crippen LogP contribution in [0.15, 0.2) is 60.7 Å². The van der Waals surface area contributed by atoms with E-state index in [1.54, 1.807) is 60.7 Å². The number of aliphatic hydroxyl groups is 1. The van der Waals surface area contributed by atoms with Crippen LogP contribution in [-0.4, -0.2) is 70.8 Å². The first-order valence-corrected chi connectivity index (χ1v) is 18.2. The van der Waals surface area contributed by atoms with Gasteiger partial charge in [0, 0.05) is 6.42 Å². The minimum atomic E-state index is -1.47. The third kappa shape index (κ3) is 11.8. The van der Waals surface area contributed by atoms with Crippen molar-refractivity contribution in [3.05, 3.63) is 71.8 Å². The van der Waals surface area contributed by atoms with Crippen LogP contribution in [0, 0.1) is 17.8 Å². The Balaban J connectivity index is 1.19. The number of aliphatic carboxylic acids is 1. The summed E-state index contributed by atoms with van der Waals surface area (Å²) in [5.74, 6) is -3.48. The zero-order chi connectivity index (χ0) is 37.0. The van der Waals surface area contributed by atoms with E-state index in [4.69, 9.17) is 4.74 Å². The van der Waals surface area contributed by atoms with Crippen LogP contribution in [-0.2, 0) is 28.7 Å². The minimum Gasteiger partial charge on any atom is -0.479 e. The number of carbonyl (C=O) groups is 6. The number of rotatable bonds is 18. The fourth-order valence-electron chi connectivity index (χ4n) is 6.58. The molecule has 3 saturated carbocycles. The predicted octanol–water partition coefficient (Wildman–Crippen LogP) is 2.98. The van der Waals surface area contributed by atoms with E-state index in [1.165, 1.54) is 0 Å². The number of carboxylic acids is 1. The van der Waals surface area contributed by atoms with Crippen molar-refractivity contribution in [3.8, 4) is 0 Å². The molecule has 0 aromatic heterocycles. The third-order valence-corrected chi connectivity index (χ3v) is 9.84. The monoisotopic (exact) mass is 719 g/mol. The molecular formula is C38H49N5O9. The van der Waals surface area contributed by atoms with Crippen molar-refractivity contribution in [2.45, 2.75) is 101 Å². The molecule has 0 saturated heterocycles. The number of benzene rings is 2. The van der Waals surface area contributed by atoms with E-state index in [2.05, 4.69) is 26.6 Å². The van der Waals surface area contributed by atoms with Crippen molar-refractivity contribution in [2.75, 3.05) is 6.54 Å². The lowest BCUT2D eigenvalue weighted by molar-refractivity contribution is -0.141. The zero-order valence-corrected chi connectivity index (χ0v) is 29.1. The standard InChI is InChI=1S/C38H49N5O9/c44-29(41-32(37(49)50)26-12-6-2-7-13-26)22-39-38(51)52-30(21-24-18-19-24)42-34(46)28(20-23-16-17-23)40-35(47)31(25-10-4-1-5-11-25)43-36(48)33(45)27-14-8-3-9-15-27/h2-3,6-9,12-15,23-25,28,30-33,45H,1,4-5,10-11,16-22H2,(H,39,51)(H,40,47)(H,41,44)(H,42,46)(H,43,48)(H,49,50)/t28-,30?,31-,32?,33?/m0/s1. The van der Waals surface area contributed by atoms with Crippen LogP contribution in [0.3, 0.4) is 0 Å². The lowest BCUT2D eigenvalue weighted by Crippen LogP contribution is -2.58. The number of aliphatic hydroxyl groups excluding tert-OH is 1. The number of hydrogen-bond donors (Lipinski definition) is 7. The molecule has 0 heterocycles.